The van der Waals surface area contributed by atoms with E-state index >= 15 is 0 Å². The zero-order valence-corrected chi connectivity index (χ0v) is 15.2. The highest BCUT2D eigenvalue weighted by molar-refractivity contribution is 5.76. The van der Waals surface area contributed by atoms with E-state index in [-0.39, 0.29) is 30.5 Å². The van der Waals surface area contributed by atoms with Crippen LogP contribution < -0.4 is 14.8 Å². The number of carboxylic acid groups (broad SMARTS) is 1. The lowest BCUT2D eigenvalue weighted by atomic mass is 10.1. The van der Waals surface area contributed by atoms with E-state index in [0.717, 1.165) is 5.56 Å². The summed E-state index contributed by atoms with van der Waals surface area (Å²) < 4.78 is 24.1. The molecule has 0 saturated heterocycles. The number of methoxy groups -OCH3 is 1. The van der Waals surface area contributed by atoms with Crippen LogP contribution in [0.25, 0.3) is 0 Å². The molecule has 27 heavy (non-hydrogen) atoms. The summed E-state index contributed by atoms with van der Waals surface area (Å²) in [5.74, 6) is -1.10. The predicted molar refractivity (Wildman–Crippen MR) is 97.4 cm³/mol. The van der Waals surface area contributed by atoms with Gasteiger partial charge in [-0.3, -0.25) is 4.79 Å². The third kappa shape index (κ3) is 5.99. The molecule has 2 aromatic rings. The van der Waals surface area contributed by atoms with Gasteiger partial charge >= 0.3 is 5.97 Å². The van der Waals surface area contributed by atoms with Crippen LogP contribution in [-0.4, -0.2) is 30.7 Å². The second-order valence-corrected chi connectivity index (χ2v) is 5.97. The van der Waals surface area contributed by atoms with Gasteiger partial charge in [-0.05, 0) is 42.7 Å². The SMILES string of the molecule is COc1cccc(CCC(=O)NC(C)c2ccc(OCC(=O)O)cc2)c1F. The van der Waals surface area contributed by atoms with Gasteiger partial charge in [-0.25, -0.2) is 9.18 Å². The summed E-state index contributed by atoms with van der Waals surface area (Å²) in [6.07, 6.45) is 0.414. The molecule has 2 aromatic carbocycles. The number of rotatable bonds is 9. The normalized spacial score (nSPS) is 11.5. The molecule has 0 aliphatic heterocycles. The monoisotopic (exact) mass is 375 g/mol. The largest absolute Gasteiger partial charge is 0.494 e. The van der Waals surface area contributed by atoms with E-state index in [4.69, 9.17) is 14.6 Å². The van der Waals surface area contributed by atoms with Crippen LogP contribution in [0.15, 0.2) is 42.5 Å². The summed E-state index contributed by atoms with van der Waals surface area (Å²) >= 11 is 0. The maximum Gasteiger partial charge on any atom is 0.341 e. The number of hydrogen-bond acceptors (Lipinski definition) is 4. The number of hydrogen-bond donors (Lipinski definition) is 2. The molecule has 0 fully saturated rings. The van der Waals surface area contributed by atoms with Gasteiger partial charge in [0.05, 0.1) is 13.2 Å². The van der Waals surface area contributed by atoms with Gasteiger partial charge in [0.25, 0.3) is 0 Å². The summed E-state index contributed by atoms with van der Waals surface area (Å²) in [6.45, 7) is 1.42. The van der Waals surface area contributed by atoms with Crippen LogP contribution in [0.3, 0.4) is 0 Å². The van der Waals surface area contributed by atoms with Crippen molar-refractivity contribution >= 4 is 11.9 Å². The number of aliphatic carboxylic acids is 1. The summed E-state index contributed by atoms with van der Waals surface area (Å²) in [7, 11) is 1.40. The highest BCUT2D eigenvalue weighted by atomic mass is 19.1. The molecule has 1 amide bonds. The number of carboxylic acids is 1. The number of benzene rings is 2. The maximum atomic E-state index is 14.1. The van der Waals surface area contributed by atoms with Gasteiger partial charge < -0.3 is 19.9 Å². The first-order chi connectivity index (χ1) is 12.9. The van der Waals surface area contributed by atoms with Crippen LogP contribution >= 0.6 is 0 Å². The quantitative estimate of drug-likeness (QED) is 0.703. The van der Waals surface area contributed by atoms with Crippen LogP contribution in [0.2, 0.25) is 0 Å². The molecule has 2 rings (SSSR count). The second kappa shape index (κ2) is 9.56. The Hall–Kier alpha value is -3.09. The summed E-state index contributed by atoms with van der Waals surface area (Å²) in [5.41, 5.74) is 1.27. The maximum absolute atomic E-state index is 14.1. The number of carbonyl (C=O) groups excluding carboxylic acids is 1. The standard InChI is InChI=1S/C20H22FNO5/c1-13(14-6-9-16(10-7-14)27-12-19(24)25)22-18(23)11-8-15-4-3-5-17(26-2)20(15)21/h3-7,9-10,13H,8,11-12H2,1-2H3,(H,22,23)(H,24,25). The lowest BCUT2D eigenvalue weighted by Crippen LogP contribution is -2.26. The van der Waals surface area contributed by atoms with Crippen molar-refractivity contribution in [2.24, 2.45) is 0 Å². The first-order valence-corrected chi connectivity index (χ1v) is 8.46. The van der Waals surface area contributed by atoms with Crippen molar-refractivity contribution in [1.82, 2.24) is 5.32 Å². The molecule has 0 saturated carbocycles. The van der Waals surface area contributed by atoms with E-state index in [0.29, 0.717) is 11.3 Å². The molecule has 144 valence electrons. The molecular weight excluding hydrogens is 353 g/mol. The fourth-order valence-electron chi connectivity index (χ4n) is 2.55. The van der Waals surface area contributed by atoms with Gasteiger partial charge in [0.15, 0.2) is 18.2 Å². The van der Waals surface area contributed by atoms with Crippen molar-refractivity contribution in [3.05, 3.63) is 59.4 Å². The van der Waals surface area contributed by atoms with Crippen molar-refractivity contribution in [2.75, 3.05) is 13.7 Å². The summed E-state index contributed by atoms with van der Waals surface area (Å²) in [4.78, 5) is 22.6. The van der Waals surface area contributed by atoms with Gasteiger partial charge in [-0.15, -0.1) is 0 Å². The molecule has 7 heteroatoms. The second-order valence-electron chi connectivity index (χ2n) is 5.97. The molecule has 0 aliphatic rings. The van der Waals surface area contributed by atoms with Crippen LogP contribution in [0.1, 0.15) is 30.5 Å². The van der Waals surface area contributed by atoms with Crippen molar-refractivity contribution in [3.63, 3.8) is 0 Å². The van der Waals surface area contributed by atoms with Crippen LogP contribution in [0.5, 0.6) is 11.5 Å². The number of halogens is 1. The van der Waals surface area contributed by atoms with Crippen molar-refractivity contribution in [3.8, 4) is 11.5 Å². The minimum absolute atomic E-state index is 0.147. The first kappa shape index (κ1) is 20.2. The van der Waals surface area contributed by atoms with E-state index in [1.165, 1.54) is 13.2 Å². The molecule has 0 bridgehead atoms. The van der Waals surface area contributed by atoms with E-state index in [9.17, 15) is 14.0 Å². The van der Waals surface area contributed by atoms with Crippen LogP contribution in [0.4, 0.5) is 4.39 Å². The van der Waals surface area contributed by atoms with Gasteiger partial charge in [0.1, 0.15) is 5.75 Å². The van der Waals surface area contributed by atoms with Crippen molar-refractivity contribution in [1.29, 1.82) is 0 Å². The molecule has 0 heterocycles. The van der Waals surface area contributed by atoms with Crippen LogP contribution in [0, 0.1) is 5.82 Å². The minimum atomic E-state index is -1.05. The minimum Gasteiger partial charge on any atom is -0.494 e. The van der Waals surface area contributed by atoms with E-state index in [1.807, 2.05) is 6.92 Å². The summed E-state index contributed by atoms with van der Waals surface area (Å²) in [5, 5.41) is 11.4. The molecule has 0 aliphatic carbocycles. The van der Waals surface area contributed by atoms with E-state index in [1.54, 1.807) is 36.4 Å². The molecule has 0 spiro atoms. The Morgan fingerprint density at radius 2 is 1.89 bits per heavy atom. The summed E-state index contributed by atoms with van der Waals surface area (Å²) in [6, 6.07) is 11.4. The third-order valence-corrected chi connectivity index (χ3v) is 4.00. The molecule has 0 radical (unpaired) electrons. The van der Waals surface area contributed by atoms with Gasteiger partial charge in [-0.1, -0.05) is 24.3 Å². The Kier molecular flexibility index (Phi) is 7.16. The zero-order chi connectivity index (χ0) is 19.8. The average molecular weight is 375 g/mol. The average Bonchev–Trinajstić information content (AvgIpc) is 2.66. The number of ether oxygens (including phenoxy) is 2. The molecule has 6 nitrogen and oxygen atoms in total. The Labute approximate surface area is 156 Å². The molecular formula is C20H22FNO5. The Bertz CT molecular complexity index is 791. The lowest BCUT2D eigenvalue weighted by molar-refractivity contribution is -0.139. The predicted octanol–water partition coefficient (Wildman–Crippen LogP) is 3.11. The fraction of sp³-hybridized carbons (Fsp3) is 0.300. The number of aryl methyl sites for hydroxylation is 1. The van der Waals surface area contributed by atoms with Gasteiger partial charge in [0.2, 0.25) is 5.91 Å². The Morgan fingerprint density at radius 3 is 2.52 bits per heavy atom. The third-order valence-electron chi connectivity index (χ3n) is 4.00. The Morgan fingerprint density at radius 1 is 1.19 bits per heavy atom. The highest BCUT2D eigenvalue weighted by Gasteiger charge is 2.13. The van der Waals surface area contributed by atoms with Crippen LogP contribution in [-0.2, 0) is 16.0 Å². The van der Waals surface area contributed by atoms with Gasteiger partial charge in [-0.2, -0.15) is 0 Å². The van der Waals surface area contributed by atoms with E-state index < -0.39 is 18.4 Å². The number of carbonyl (C=O) groups is 2. The van der Waals surface area contributed by atoms with Crippen molar-refractivity contribution in [2.45, 2.75) is 25.8 Å². The number of amides is 1. The number of nitrogens with one attached hydrogen (secondary N) is 1. The molecule has 0 aromatic heterocycles. The Balaban J connectivity index is 1.87. The lowest BCUT2D eigenvalue weighted by Gasteiger charge is -2.15. The van der Waals surface area contributed by atoms with Gasteiger partial charge in [0, 0.05) is 6.42 Å². The smallest absolute Gasteiger partial charge is 0.341 e. The molecule has 1 atom stereocenters. The molecule has 1 unspecified atom stereocenters. The fourth-order valence-corrected chi connectivity index (χ4v) is 2.55. The molecule has 2 N–H and O–H groups in total. The van der Waals surface area contributed by atoms with E-state index in [2.05, 4.69) is 5.32 Å². The first-order valence-electron chi connectivity index (χ1n) is 8.46. The topological polar surface area (TPSA) is 84.9 Å². The zero-order valence-electron chi connectivity index (χ0n) is 15.2. The highest BCUT2D eigenvalue weighted by Crippen LogP contribution is 2.21. The van der Waals surface area contributed by atoms with Crippen molar-refractivity contribution < 1.29 is 28.6 Å².